The predicted octanol–water partition coefficient (Wildman–Crippen LogP) is 1.35. The Morgan fingerprint density at radius 1 is 1.25 bits per heavy atom. The van der Waals surface area contributed by atoms with Crippen molar-refractivity contribution >= 4 is 17.5 Å². The second-order valence-electron chi connectivity index (χ2n) is 5.40. The van der Waals surface area contributed by atoms with Crippen LogP contribution in [0, 0.1) is 0 Å². The first-order chi connectivity index (χ1) is 9.74. The molecule has 0 bridgehead atoms. The Hall–Kier alpha value is -1.88. The van der Waals surface area contributed by atoms with Gasteiger partial charge < -0.3 is 10.6 Å². The second-order valence-corrected chi connectivity index (χ2v) is 5.40. The van der Waals surface area contributed by atoms with Crippen LogP contribution in [0.2, 0.25) is 0 Å². The van der Waals surface area contributed by atoms with Crippen LogP contribution in [0.5, 0.6) is 0 Å². The summed E-state index contributed by atoms with van der Waals surface area (Å²) in [7, 11) is 0. The van der Waals surface area contributed by atoms with Crippen molar-refractivity contribution in [3.63, 3.8) is 0 Å². The maximum atomic E-state index is 12.1. The van der Waals surface area contributed by atoms with Crippen molar-refractivity contribution in [1.29, 1.82) is 0 Å². The predicted molar refractivity (Wildman–Crippen MR) is 76.5 cm³/mol. The van der Waals surface area contributed by atoms with Gasteiger partial charge in [-0.05, 0) is 38.1 Å². The van der Waals surface area contributed by atoms with Crippen molar-refractivity contribution in [1.82, 2.24) is 10.2 Å². The minimum Gasteiger partial charge on any atom is -0.348 e. The summed E-state index contributed by atoms with van der Waals surface area (Å²) in [5.41, 5.74) is 2.31. The number of piperidine rings is 1. The Kier molecular flexibility index (Phi) is 3.69. The highest BCUT2D eigenvalue weighted by Gasteiger charge is 2.22. The summed E-state index contributed by atoms with van der Waals surface area (Å²) in [5, 5.41) is 5.72. The average molecular weight is 273 g/mol. The number of nitrogens with zero attached hydrogens (tertiary/aromatic N) is 1. The zero-order chi connectivity index (χ0) is 13.9. The quantitative estimate of drug-likeness (QED) is 0.874. The standard InChI is InChI=1S/C15H19N3O2/c19-14(10-18-7-2-1-3-8-18)17-13-6-4-5-11-12(13)9-16-15(11)20/h4-6H,1-3,7-10H2,(H,16,20)(H,17,19). The van der Waals surface area contributed by atoms with Gasteiger partial charge in [0.25, 0.3) is 5.91 Å². The van der Waals surface area contributed by atoms with E-state index in [4.69, 9.17) is 0 Å². The topological polar surface area (TPSA) is 61.4 Å². The molecule has 2 amide bonds. The second kappa shape index (κ2) is 5.63. The third-order valence-corrected chi connectivity index (χ3v) is 3.94. The van der Waals surface area contributed by atoms with Crippen LogP contribution >= 0.6 is 0 Å². The van der Waals surface area contributed by atoms with Gasteiger partial charge in [0.15, 0.2) is 0 Å². The molecule has 1 aromatic rings. The van der Waals surface area contributed by atoms with Crippen molar-refractivity contribution in [3.05, 3.63) is 29.3 Å². The van der Waals surface area contributed by atoms with E-state index >= 15 is 0 Å². The van der Waals surface area contributed by atoms with Crippen LogP contribution in [0.4, 0.5) is 5.69 Å². The lowest BCUT2D eigenvalue weighted by atomic mass is 10.1. The van der Waals surface area contributed by atoms with Crippen LogP contribution in [0.15, 0.2) is 18.2 Å². The van der Waals surface area contributed by atoms with Crippen molar-refractivity contribution in [3.8, 4) is 0 Å². The molecule has 1 aromatic carbocycles. The van der Waals surface area contributed by atoms with E-state index in [9.17, 15) is 9.59 Å². The van der Waals surface area contributed by atoms with Gasteiger partial charge in [-0.15, -0.1) is 0 Å². The highest BCUT2D eigenvalue weighted by molar-refractivity contribution is 6.02. The normalized spacial score (nSPS) is 18.5. The van der Waals surface area contributed by atoms with Crippen LogP contribution < -0.4 is 10.6 Å². The molecule has 106 valence electrons. The maximum absolute atomic E-state index is 12.1. The number of hydrogen-bond acceptors (Lipinski definition) is 3. The van der Waals surface area contributed by atoms with E-state index in [1.54, 1.807) is 12.1 Å². The van der Waals surface area contributed by atoms with Gasteiger partial charge in [0.1, 0.15) is 0 Å². The zero-order valence-electron chi connectivity index (χ0n) is 11.4. The van der Waals surface area contributed by atoms with Crippen LogP contribution in [-0.4, -0.2) is 36.3 Å². The number of benzene rings is 1. The number of anilines is 1. The summed E-state index contributed by atoms with van der Waals surface area (Å²) in [6.45, 7) is 2.93. The Morgan fingerprint density at radius 2 is 2.05 bits per heavy atom. The molecule has 0 unspecified atom stereocenters. The maximum Gasteiger partial charge on any atom is 0.251 e. The largest absolute Gasteiger partial charge is 0.348 e. The number of likely N-dealkylation sites (tertiary alicyclic amines) is 1. The van der Waals surface area contributed by atoms with E-state index < -0.39 is 0 Å². The van der Waals surface area contributed by atoms with E-state index in [2.05, 4.69) is 15.5 Å². The van der Waals surface area contributed by atoms with E-state index in [0.29, 0.717) is 18.7 Å². The summed E-state index contributed by atoms with van der Waals surface area (Å²) in [6, 6.07) is 5.45. The molecule has 5 heteroatoms. The first-order valence-corrected chi connectivity index (χ1v) is 7.16. The molecule has 2 heterocycles. The molecule has 0 atom stereocenters. The molecule has 0 radical (unpaired) electrons. The molecule has 0 aliphatic carbocycles. The summed E-state index contributed by atoms with van der Waals surface area (Å²) >= 11 is 0. The van der Waals surface area contributed by atoms with Gasteiger partial charge in [0.05, 0.1) is 6.54 Å². The smallest absolute Gasteiger partial charge is 0.251 e. The number of hydrogen-bond donors (Lipinski definition) is 2. The summed E-state index contributed by atoms with van der Waals surface area (Å²) in [6.07, 6.45) is 3.61. The van der Waals surface area contributed by atoms with Crippen LogP contribution in [0.25, 0.3) is 0 Å². The Morgan fingerprint density at radius 3 is 2.85 bits per heavy atom. The number of rotatable bonds is 3. The first-order valence-electron chi connectivity index (χ1n) is 7.16. The van der Waals surface area contributed by atoms with E-state index in [1.165, 1.54) is 19.3 Å². The molecule has 0 saturated carbocycles. The molecular formula is C15H19N3O2. The van der Waals surface area contributed by atoms with Crippen LogP contribution in [0.3, 0.4) is 0 Å². The summed E-state index contributed by atoms with van der Waals surface area (Å²) < 4.78 is 0. The highest BCUT2D eigenvalue weighted by Crippen LogP contribution is 2.24. The SMILES string of the molecule is O=C(CN1CCCCC1)Nc1cccc2c1CNC2=O. The van der Waals surface area contributed by atoms with Crippen molar-refractivity contribution < 1.29 is 9.59 Å². The van der Waals surface area contributed by atoms with E-state index in [1.807, 2.05) is 6.07 Å². The molecule has 0 spiro atoms. The Labute approximate surface area is 118 Å². The molecule has 2 N–H and O–H groups in total. The number of amides is 2. The third kappa shape index (κ3) is 2.67. The Bertz CT molecular complexity index is 536. The van der Waals surface area contributed by atoms with Gasteiger partial charge in [0, 0.05) is 23.4 Å². The lowest BCUT2D eigenvalue weighted by Crippen LogP contribution is -2.37. The Balaban J connectivity index is 1.66. The fourth-order valence-corrected chi connectivity index (χ4v) is 2.88. The van der Waals surface area contributed by atoms with Gasteiger partial charge in [-0.25, -0.2) is 0 Å². The number of carbonyl (C=O) groups excluding carboxylic acids is 2. The number of fused-ring (bicyclic) bond motifs is 1. The molecule has 5 nitrogen and oxygen atoms in total. The minimum absolute atomic E-state index is 0.000325. The molecule has 0 aromatic heterocycles. The molecule has 1 saturated heterocycles. The van der Waals surface area contributed by atoms with Crippen molar-refractivity contribution in [2.75, 3.05) is 25.0 Å². The fourth-order valence-electron chi connectivity index (χ4n) is 2.88. The molecule has 3 rings (SSSR count). The van der Waals surface area contributed by atoms with Gasteiger partial charge in [-0.3, -0.25) is 14.5 Å². The molecule has 20 heavy (non-hydrogen) atoms. The molecule has 2 aliphatic rings. The van der Waals surface area contributed by atoms with Crippen molar-refractivity contribution in [2.24, 2.45) is 0 Å². The monoisotopic (exact) mass is 273 g/mol. The van der Waals surface area contributed by atoms with E-state index in [0.717, 1.165) is 24.3 Å². The lowest BCUT2D eigenvalue weighted by molar-refractivity contribution is -0.117. The van der Waals surface area contributed by atoms with Crippen LogP contribution in [-0.2, 0) is 11.3 Å². The lowest BCUT2D eigenvalue weighted by Gasteiger charge is -2.25. The van der Waals surface area contributed by atoms with Gasteiger partial charge >= 0.3 is 0 Å². The molecule has 2 aliphatic heterocycles. The first kappa shape index (κ1) is 13.1. The van der Waals surface area contributed by atoms with Crippen LogP contribution in [0.1, 0.15) is 35.2 Å². The van der Waals surface area contributed by atoms with Gasteiger partial charge in [-0.1, -0.05) is 12.5 Å². The number of carbonyl (C=O) groups is 2. The fraction of sp³-hybridized carbons (Fsp3) is 0.467. The average Bonchev–Trinajstić information content (AvgIpc) is 2.83. The highest BCUT2D eigenvalue weighted by atomic mass is 16.2. The molecular weight excluding hydrogens is 254 g/mol. The van der Waals surface area contributed by atoms with Gasteiger partial charge in [0.2, 0.25) is 5.91 Å². The minimum atomic E-state index is -0.0628. The van der Waals surface area contributed by atoms with E-state index in [-0.39, 0.29) is 11.8 Å². The summed E-state index contributed by atoms with van der Waals surface area (Å²) in [5.74, 6) is -0.0632. The zero-order valence-corrected chi connectivity index (χ0v) is 11.4. The van der Waals surface area contributed by atoms with Gasteiger partial charge in [-0.2, -0.15) is 0 Å². The summed E-state index contributed by atoms with van der Waals surface area (Å²) in [4.78, 5) is 25.9. The van der Waals surface area contributed by atoms with Crippen molar-refractivity contribution in [2.45, 2.75) is 25.8 Å². The third-order valence-electron chi connectivity index (χ3n) is 3.94. The molecule has 1 fully saturated rings. The number of nitrogens with one attached hydrogen (secondary N) is 2.